The molecule has 1 heterocycles. The van der Waals surface area contributed by atoms with E-state index in [9.17, 15) is 9.90 Å². The van der Waals surface area contributed by atoms with Gasteiger partial charge in [-0.1, -0.05) is 72.6 Å². The fourth-order valence-electron chi connectivity index (χ4n) is 3.52. The van der Waals surface area contributed by atoms with Crippen molar-refractivity contribution >= 4 is 53.5 Å². The summed E-state index contributed by atoms with van der Waals surface area (Å²) >= 11 is 11.9. The van der Waals surface area contributed by atoms with Crippen molar-refractivity contribution in [1.29, 1.82) is 0 Å². The molecule has 0 aliphatic carbocycles. The lowest BCUT2D eigenvalue weighted by molar-refractivity contribution is -0.129. The van der Waals surface area contributed by atoms with Crippen molar-refractivity contribution in [3.63, 3.8) is 0 Å². The van der Waals surface area contributed by atoms with Crippen LogP contribution in [-0.4, -0.2) is 41.0 Å². The number of carbonyl (C=O) groups excluding carboxylic acids is 1. The fraction of sp³-hybridized carbons (Fsp3) is 0.292. The first-order valence-corrected chi connectivity index (χ1v) is 10.5. The first kappa shape index (κ1) is 24.6. The molecule has 3 nitrogen and oxygen atoms in total. The van der Waals surface area contributed by atoms with Gasteiger partial charge in [0.2, 0.25) is 0 Å². The Morgan fingerprint density at radius 2 is 1.60 bits per heavy atom. The maximum Gasteiger partial charge on any atom is 0.163 e. The van der Waals surface area contributed by atoms with Crippen LogP contribution in [0.1, 0.15) is 24.5 Å². The Balaban J connectivity index is 0.00000320. The molecule has 0 amide bonds. The molecule has 6 heteroatoms. The SMILES string of the molecule is CCN1CCC(O)(C=Cc2ccc(Cl)cc2)C(C(=O)C=Cc2ccc(Cl)cc2)C1.Cl. The van der Waals surface area contributed by atoms with Gasteiger partial charge in [-0.25, -0.2) is 0 Å². The number of aliphatic hydroxyl groups is 1. The number of hydrogen-bond acceptors (Lipinski definition) is 3. The van der Waals surface area contributed by atoms with E-state index in [0.29, 0.717) is 23.0 Å². The first-order valence-electron chi connectivity index (χ1n) is 9.76. The quantitative estimate of drug-likeness (QED) is 0.548. The molecule has 2 aromatic rings. The van der Waals surface area contributed by atoms with E-state index in [1.165, 1.54) is 0 Å². The van der Waals surface area contributed by atoms with E-state index in [1.54, 1.807) is 30.4 Å². The third kappa shape index (κ3) is 6.44. The predicted molar refractivity (Wildman–Crippen MR) is 128 cm³/mol. The van der Waals surface area contributed by atoms with Crippen LogP contribution in [0, 0.1) is 5.92 Å². The van der Waals surface area contributed by atoms with E-state index in [4.69, 9.17) is 23.2 Å². The van der Waals surface area contributed by atoms with Crippen molar-refractivity contribution in [2.75, 3.05) is 19.6 Å². The van der Waals surface area contributed by atoms with E-state index in [1.807, 2.05) is 42.5 Å². The predicted octanol–water partition coefficient (Wildman–Crippen LogP) is 5.78. The minimum Gasteiger partial charge on any atom is -0.385 e. The minimum absolute atomic E-state index is 0. The molecule has 1 aliphatic heterocycles. The van der Waals surface area contributed by atoms with Crippen LogP contribution >= 0.6 is 35.6 Å². The topological polar surface area (TPSA) is 40.5 Å². The van der Waals surface area contributed by atoms with Gasteiger partial charge in [-0.3, -0.25) is 4.79 Å². The van der Waals surface area contributed by atoms with E-state index >= 15 is 0 Å². The minimum atomic E-state index is -1.19. The van der Waals surface area contributed by atoms with E-state index in [-0.39, 0.29) is 18.2 Å². The second-order valence-corrected chi connectivity index (χ2v) is 8.23. The van der Waals surface area contributed by atoms with Crippen LogP contribution < -0.4 is 0 Å². The van der Waals surface area contributed by atoms with E-state index in [0.717, 1.165) is 24.2 Å². The van der Waals surface area contributed by atoms with Gasteiger partial charge in [0.25, 0.3) is 0 Å². The second-order valence-electron chi connectivity index (χ2n) is 7.36. The van der Waals surface area contributed by atoms with Gasteiger partial charge in [-0.2, -0.15) is 0 Å². The standard InChI is InChI=1S/C24H25Cl2NO2.ClH/c1-2-27-16-15-24(29,14-13-19-5-10-21(26)11-6-19)22(17-27)23(28)12-7-18-3-8-20(25)9-4-18;/h3-14,22,29H,2,15-17H2,1H3;1H. The molecule has 0 spiro atoms. The summed E-state index contributed by atoms with van der Waals surface area (Å²) in [6.07, 6.45) is 7.47. The zero-order valence-electron chi connectivity index (χ0n) is 16.8. The number of piperidine rings is 1. The molecule has 1 N–H and O–H groups in total. The molecule has 3 rings (SSSR count). The van der Waals surface area contributed by atoms with E-state index < -0.39 is 11.5 Å². The second kappa shape index (κ2) is 11.1. The molecule has 1 fully saturated rings. The lowest BCUT2D eigenvalue weighted by Gasteiger charge is -2.41. The number of hydrogen-bond donors (Lipinski definition) is 1. The van der Waals surface area contributed by atoms with Crippen molar-refractivity contribution in [3.8, 4) is 0 Å². The Labute approximate surface area is 194 Å². The zero-order valence-corrected chi connectivity index (χ0v) is 19.1. The number of allylic oxidation sites excluding steroid dienone is 1. The molecule has 2 atom stereocenters. The van der Waals surface area contributed by atoms with Gasteiger partial charge in [0.1, 0.15) is 0 Å². The van der Waals surface area contributed by atoms with Gasteiger partial charge in [-0.15, -0.1) is 12.4 Å². The smallest absolute Gasteiger partial charge is 0.163 e. The molecule has 1 saturated heterocycles. The third-order valence-electron chi connectivity index (χ3n) is 5.41. The van der Waals surface area contributed by atoms with Crippen molar-refractivity contribution in [2.24, 2.45) is 5.92 Å². The number of rotatable bonds is 6. The van der Waals surface area contributed by atoms with Crippen molar-refractivity contribution in [2.45, 2.75) is 18.9 Å². The van der Waals surface area contributed by atoms with Crippen LogP contribution in [0.3, 0.4) is 0 Å². The molecule has 0 bridgehead atoms. The normalized spacial score (nSPS) is 22.3. The number of ketones is 1. The maximum absolute atomic E-state index is 13.0. The van der Waals surface area contributed by atoms with Crippen molar-refractivity contribution in [1.82, 2.24) is 4.90 Å². The average molecular weight is 467 g/mol. The summed E-state index contributed by atoms with van der Waals surface area (Å²) in [5.74, 6) is -0.607. The van der Waals surface area contributed by atoms with E-state index in [2.05, 4.69) is 11.8 Å². The summed E-state index contributed by atoms with van der Waals surface area (Å²) in [4.78, 5) is 15.2. The van der Waals surface area contributed by atoms with Gasteiger partial charge in [0.05, 0.1) is 11.5 Å². The Morgan fingerprint density at radius 1 is 1.07 bits per heavy atom. The van der Waals surface area contributed by atoms with Gasteiger partial charge >= 0.3 is 0 Å². The van der Waals surface area contributed by atoms with Crippen LogP contribution in [0.5, 0.6) is 0 Å². The number of benzene rings is 2. The Kier molecular flexibility index (Phi) is 9.14. The summed E-state index contributed by atoms with van der Waals surface area (Å²) in [5.41, 5.74) is 0.641. The molecule has 2 aromatic carbocycles. The average Bonchev–Trinajstić information content (AvgIpc) is 2.73. The first-order chi connectivity index (χ1) is 13.9. The molecule has 0 radical (unpaired) electrons. The molecule has 0 aromatic heterocycles. The largest absolute Gasteiger partial charge is 0.385 e. The van der Waals surface area contributed by atoms with Gasteiger partial charge < -0.3 is 10.0 Å². The lowest BCUT2D eigenvalue weighted by atomic mass is 9.77. The molecular weight excluding hydrogens is 441 g/mol. The van der Waals surface area contributed by atoms with Crippen LogP contribution in [0.25, 0.3) is 12.2 Å². The van der Waals surface area contributed by atoms with Crippen LogP contribution in [-0.2, 0) is 4.79 Å². The summed E-state index contributed by atoms with van der Waals surface area (Å²) in [6.45, 7) is 4.20. The molecule has 1 aliphatic rings. The summed E-state index contributed by atoms with van der Waals surface area (Å²) in [6, 6.07) is 14.7. The van der Waals surface area contributed by atoms with Crippen LogP contribution in [0.4, 0.5) is 0 Å². The van der Waals surface area contributed by atoms with Crippen LogP contribution in [0.2, 0.25) is 10.0 Å². The van der Waals surface area contributed by atoms with Crippen molar-refractivity contribution < 1.29 is 9.90 Å². The summed E-state index contributed by atoms with van der Waals surface area (Å²) < 4.78 is 0. The molecule has 30 heavy (non-hydrogen) atoms. The summed E-state index contributed by atoms with van der Waals surface area (Å²) in [7, 11) is 0. The zero-order chi connectivity index (χ0) is 20.9. The number of likely N-dealkylation sites (tertiary alicyclic amines) is 1. The lowest BCUT2D eigenvalue weighted by Crippen LogP contribution is -2.53. The highest BCUT2D eigenvalue weighted by atomic mass is 35.5. The molecular formula is C24H26Cl3NO2. The number of halogens is 3. The molecule has 0 saturated carbocycles. The maximum atomic E-state index is 13.0. The number of carbonyl (C=O) groups is 1. The van der Waals surface area contributed by atoms with Gasteiger partial charge in [-0.05, 0) is 54.4 Å². The Morgan fingerprint density at radius 3 is 2.13 bits per heavy atom. The summed E-state index contributed by atoms with van der Waals surface area (Å²) in [5, 5.41) is 12.7. The monoisotopic (exact) mass is 465 g/mol. The highest BCUT2D eigenvalue weighted by Crippen LogP contribution is 2.31. The highest BCUT2D eigenvalue weighted by molar-refractivity contribution is 6.30. The number of nitrogens with zero attached hydrogens (tertiary/aromatic N) is 1. The highest BCUT2D eigenvalue weighted by Gasteiger charge is 2.42. The Bertz CT molecular complexity index is 894. The van der Waals surface area contributed by atoms with Crippen molar-refractivity contribution in [3.05, 3.63) is 81.9 Å². The fourth-order valence-corrected chi connectivity index (χ4v) is 3.78. The van der Waals surface area contributed by atoms with Crippen LogP contribution in [0.15, 0.2) is 60.7 Å². The molecule has 160 valence electrons. The Hall–Kier alpha value is -1.62. The molecule has 2 unspecified atom stereocenters. The third-order valence-corrected chi connectivity index (χ3v) is 5.91. The van der Waals surface area contributed by atoms with Gasteiger partial charge in [0, 0.05) is 23.1 Å². The van der Waals surface area contributed by atoms with Gasteiger partial charge in [0.15, 0.2) is 5.78 Å².